The first-order chi connectivity index (χ1) is 9.59. The Hall–Kier alpha value is -0.920. The second-order valence-electron chi connectivity index (χ2n) is 4.57. The minimum Gasteiger partial charge on any atom is -0.490 e. The lowest BCUT2D eigenvalue weighted by Crippen LogP contribution is -2.36. The summed E-state index contributed by atoms with van der Waals surface area (Å²) in [5.41, 5.74) is 6.27. The number of rotatable bonds is 5. The van der Waals surface area contributed by atoms with Crippen molar-refractivity contribution in [3.63, 3.8) is 0 Å². The van der Waals surface area contributed by atoms with E-state index < -0.39 is 10.0 Å². The van der Waals surface area contributed by atoms with Crippen LogP contribution in [0.1, 0.15) is 6.42 Å². The largest absolute Gasteiger partial charge is 0.490 e. The molecule has 5 nitrogen and oxygen atoms in total. The molecule has 1 heterocycles. The molecule has 0 saturated carbocycles. The van der Waals surface area contributed by atoms with Gasteiger partial charge in [0.05, 0.1) is 11.4 Å². The third-order valence-corrected chi connectivity index (χ3v) is 5.98. The minimum absolute atomic E-state index is 0.00794. The molecule has 0 spiro atoms. The highest BCUT2D eigenvalue weighted by molar-refractivity contribution is 7.99. The lowest BCUT2D eigenvalue weighted by Gasteiger charge is -2.19. The number of thioether (sulfide) groups is 1. The van der Waals surface area contributed by atoms with E-state index in [2.05, 4.69) is 0 Å². The lowest BCUT2D eigenvalue weighted by atomic mass is 10.3. The van der Waals surface area contributed by atoms with Gasteiger partial charge in [-0.1, -0.05) is 12.1 Å². The van der Waals surface area contributed by atoms with Crippen LogP contribution in [-0.2, 0) is 10.0 Å². The van der Waals surface area contributed by atoms with Gasteiger partial charge in [0.25, 0.3) is 0 Å². The van der Waals surface area contributed by atoms with E-state index in [-0.39, 0.29) is 12.4 Å². The van der Waals surface area contributed by atoms with Crippen molar-refractivity contribution in [2.45, 2.75) is 6.42 Å². The number of anilines is 1. The maximum absolute atomic E-state index is 12.2. The van der Waals surface area contributed by atoms with E-state index in [1.807, 2.05) is 12.1 Å². The van der Waals surface area contributed by atoms with Crippen molar-refractivity contribution in [1.82, 2.24) is 4.31 Å². The predicted octanol–water partition coefficient (Wildman–Crippen LogP) is 1.42. The molecule has 112 valence electrons. The molecule has 1 fully saturated rings. The van der Waals surface area contributed by atoms with Gasteiger partial charge >= 0.3 is 0 Å². The van der Waals surface area contributed by atoms with E-state index in [0.717, 1.165) is 17.9 Å². The van der Waals surface area contributed by atoms with Crippen LogP contribution in [0.3, 0.4) is 0 Å². The Kier molecular flexibility index (Phi) is 5.56. The fraction of sp³-hybridized carbons (Fsp3) is 0.538. The van der Waals surface area contributed by atoms with Crippen LogP contribution < -0.4 is 10.5 Å². The third-order valence-electron chi connectivity index (χ3n) is 3.09. The van der Waals surface area contributed by atoms with Gasteiger partial charge in [0.2, 0.25) is 10.0 Å². The van der Waals surface area contributed by atoms with Gasteiger partial charge in [-0.15, -0.1) is 0 Å². The van der Waals surface area contributed by atoms with Gasteiger partial charge in [-0.2, -0.15) is 11.8 Å². The number of para-hydroxylation sites is 2. The first-order valence-corrected chi connectivity index (χ1v) is 9.39. The van der Waals surface area contributed by atoms with Gasteiger partial charge in [-0.05, 0) is 24.3 Å². The molecular weight excluding hydrogens is 296 g/mol. The molecule has 0 amide bonds. The maximum Gasteiger partial charge on any atom is 0.217 e. The summed E-state index contributed by atoms with van der Waals surface area (Å²) in [6, 6.07) is 7.10. The molecule has 1 aliphatic rings. The van der Waals surface area contributed by atoms with Crippen molar-refractivity contribution in [3.05, 3.63) is 24.3 Å². The molecule has 0 radical (unpaired) electrons. The van der Waals surface area contributed by atoms with Crippen LogP contribution in [0.4, 0.5) is 5.69 Å². The van der Waals surface area contributed by atoms with Crippen molar-refractivity contribution in [2.75, 3.05) is 42.7 Å². The number of sulfonamides is 1. The molecule has 1 aromatic rings. The Balaban J connectivity index is 1.87. The SMILES string of the molecule is Nc1ccccc1OCCS(=O)(=O)N1CCCSCC1. The van der Waals surface area contributed by atoms with Gasteiger partial charge in [0.1, 0.15) is 12.4 Å². The predicted molar refractivity (Wildman–Crippen MR) is 83.7 cm³/mol. The second kappa shape index (κ2) is 7.19. The molecule has 1 aromatic carbocycles. The number of ether oxygens (including phenoxy) is 1. The van der Waals surface area contributed by atoms with Gasteiger partial charge in [0, 0.05) is 18.8 Å². The normalized spacial score (nSPS) is 17.6. The van der Waals surface area contributed by atoms with E-state index in [1.54, 1.807) is 28.2 Å². The van der Waals surface area contributed by atoms with Gasteiger partial charge in [0.15, 0.2) is 0 Å². The molecule has 2 rings (SSSR count). The van der Waals surface area contributed by atoms with Crippen molar-refractivity contribution >= 4 is 27.5 Å². The Morgan fingerprint density at radius 1 is 1.25 bits per heavy atom. The molecule has 0 aliphatic carbocycles. The monoisotopic (exact) mass is 316 g/mol. The topological polar surface area (TPSA) is 72.6 Å². The fourth-order valence-corrected chi connectivity index (χ4v) is 4.33. The summed E-state index contributed by atoms with van der Waals surface area (Å²) in [5.74, 6) is 2.43. The summed E-state index contributed by atoms with van der Waals surface area (Å²) in [5, 5.41) is 0. The van der Waals surface area contributed by atoms with Crippen LogP contribution in [0.25, 0.3) is 0 Å². The van der Waals surface area contributed by atoms with Crippen LogP contribution in [-0.4, -0.2) is 49.7 Å². The quantitative estimate of drug-likeness (QED) is 0.832. The molecule has 0 bridgehead atoms. The van der Waals surface area contributed by atoms with Crippen molar-refractivity contribution in [1.29, 1.82) is 0 Å². The van der Waals surface area contributed by atoms with E-state index in [0.29, 0.717) is 24.5 Å². The highest BCUT2D eigenvalue weighted by Crippen LogP contribution is 2.20. The summed E-state index contributed by atoms with van der Waals surface area (Å²) in [6.07, 6.45) is 0.913. The van der Waals surface area contributed by atoms with Gasteiger partial charge in [-0.3, -0.25) is 0 Å². The number of benzene rings is 1. The number of hydrogen-bond donors (Lipinski definition) is 1. The first-order valence-electron chi connectivity index (χ1n) is 6.62. The van der Waals surface area contributed by atoms with E-state index in [9.17, 15) is 8.42 Å². The number of nitrogens with zero attached hydrogens (tertiary/aromatic N) is 1. The molecule has 0 atom stereocenters. The molecule has 0 aromatic heterocycles. The molecule has 7 heteroatoms. The molecule has 1 saturated heterocycles. The number of nitrogens with two attached hydrogens (primary N) is 1. The molecule has 20 heavy (non-hydrogen) atoms. The Morgan fingerprint density at radius 2 is 2.05 bits per heavy atom. The molecule has 2 N–H and O–H groups in total. The van der Waals surface area contributed by atoms with Crippen LogP contribution >= 0.6 is 11.8 Å². The van der Waals surface area contributed by atoms with Gasteiger partial charge in [-0.25, -0.2) is 12.7 Å². The number of nitrogen functional groups attached to an aromatic ring is 1. The van der Waals surface area contributed by atoms with Crippen LogP contribution in [0.15, 0.2) is 24.3 Å². The molecular formula is C13H20N2O3S2. The summed E-state index contributed by atoms with van der Waals surface area (Å²) in [7, 11) is -3.24. The first kappa shape index (κ1) is 15.5. The zero-order valence-electron chi connectivity index (χ0n) is 11.3. The summed E-state index contributed by atoms with van der Waals surface area (Å²) >= 11 is 1.80. The summed E-state index contributed by atoms with van der Waals surface area (Å²) < 4.78 is 31.5. The summed E-state index contributed by atoms with van der Waals surface area (Å²) in [4.78, 5) is 0. The van der Waals surface area contributed by atoms with Crippen molar-refractivity contribution in [2.24, 2.45) is 0 Å². The Morgan fingerprint density at radius 3 is 2.85 bits per heavy atom. The van der Waals surface area contributed by atoms with E-state index in [1.165, 1.54) is 0 Å². The average Bonchev–Trinajstić information content (AvgIpc) is 2.70. The van der Waals surface area contributed by atoms with Crippen molar-refractivity contribution < 1.29 is 13.2 Å². The zero-order chi connectivity index (χ0) is 14.4. The third kappa shape index (κ3) is 4.29. The molecule has 1 aliphatic heterocycles. The van der Waals surface area contributed by atoms with E-state index in [4.69, 9.17) is 10.5 Å². The fourth-order valence-electron chi connectivity index (χ4n) is 2.00. The second-order valence-corrected chi connectivity index (χ2v) is 7.88. The summed E-state index contributed by atoms with van der Waals surface area (Å²) in [6.45, 7) is 1.34. The van der Waals surface area contributed by atoms with E-state index >= 15 is 0 Å². The standard InChI is InChI=1S/C13H20N2O3S2/c14-12-4-1-2-5-13(12)18-8-11-20(16,17)15-6-3-9-19-10-7-15/h1-2,4-5H,3,6-11,14H2. The Bertz CT molecular complexity index is 526. The highest BCUT2D eigenvalue weighted by Gasteiger charge is 2.23. The smallest absolute Gasteiger partial charge is 0.217 e. The minimum atomic E-state index is -3.24. The maximum atomic E-state index is 12.2. The highest BCUT2D eigenvalue weighted by atomic mass is 32.2. The van der Waals surface area contributed by atoms with Crippen molar-refractivity contribution in [3.8, 4) is 5.75 Å². The number of hydrogen-bond acceptors (Lipinski definition) is 5. The van der Waals surface area contributed by atoms with Crippen LogP contribution in [0, 0.1) is 0 Å². The zero-order valence-corrected chi connectivity index (χ0v) is 13.0. The van der Waals surface area contributed by atoms with Crippen LogP contribution in [0.2, 0.25) is 0 Å². The average molecular weight is 316 g/mol. The lowest BCUT2D eigenvalue weighted by molar-refractivity contribution is 0.337. The Labute approximate surface area is 124 Å². The van der Waals surface area contributed by atoms with Gasteiger partial charge < -0.3 is 10.5 Å². The van der Waals surface area contributed by atoms with Crippen LogP contribution in [0.5, 0.6) is 5.75 Å². The molecule has 0 unspecified atom stereocenters.